The number of ether oxygens (including phenoxy) is 4. The molecule has 0 aliphatic rings. The highest BCUT2D eigenvalue weighted by atomic mass is 16.5. The first-order chi connectivity index (χ1) is 9.80. The third-order valence-electron chi connectivity index (χ3n) is 2.33. The van der Waals surface area contributed by atoms with Gasteiger partial charge in [-0.05, 0) is 6.92 Å². The van der Waals surface area contributed by atoms with Gasteiger partial charge in [0, 0.05) is 37.9 Å². The molecule has 0 aliphatic carbocycles. The lowest BCUT2D eigenvalue weighted by Crippen LogP contribution is -2.12. The standard InChI is InChI=1S/C14H24N2O4/c1-2-17-7-8-20-14-10-12(18-5-3-15)9-13(11-14)19-6-4-16/h9-11H,2-8,15-16H2,1H3. The van der Waals surface area contributed by atoms with E-state index in [4.69, 9.17) is 30.4 Å². The molecule has 0 amide bonds. The van der Waals surface area contributed by atoms with Gasteiger partial charge in [-0.15, -0.1) is 0 Å². The van der Waals surface area contributed by atoms with Crippen molar-refractivity contribution in [2.75, 3.05) is 46.1 Å². The molecular formula is C14H24N2O4. The molecule has 1 aromatic carbocycles. The zero-order valence-electron chi connectivity index (χ0n) is 12.0. The van der Waals surface area contributed by atoms with Crippen LogP contribution in [0.15, 0.2) is 18.2 Å². The predicted molar refractivity (Wildman–Crippen MR) is 77.5 cm³/mol. The largest absolute Gasteiger partial charge is 0.492 e. The van der Waals surface area contributed by atoms with Crippen LogP contribution in [0.1, 0.15) is 6.92 Å². The smallest absolute Gasteiger partial charge is 0.126 e. The predicted octanol–water partition coefficient (Wildman–Crippen LogP) is 0.777. The SMILES string of the molecule is CCOCCOc1cc(OCCN)cc(OCCN)c1. The van der Waals surface area contributed by atoms with Crippen LogP contribution in [0, 0.1) is 0 Å². The topological polar surface area (TPSA) is 89.0 Å². The maximum Gasteiger partial charge on any atom is 0.126 e. The first-order valence-electron chi connectivity index (χ1n) is 6.81. The number of rotatable bonds is 11. The van der Waals surface area contributed by atoms with Crippen LogP contribution in [0.25, 0.3) is 0 Å². The van der Waals surface area contributed by atoms with Crippen molar-refractivity contribution in [3.8, 4) is 17.2 Å². The van der Waals surface area contributed by atoms with Gasteiger partial charge in [-0.25, -0.2) is 0 Å². The third kappa shape index (κ3) is 6.60. The van der Waals surface area contributed by atoms with E-state index in [9.17, 15) is 0 Å². The molecule has 0 spiro atoms. The average Bonchev–Trinajstić information content (AvgIpc) is 2.47. The monoisotopic (exact) mass is 284 g/mol. The van der Waals surface area contributed by atoms with Gasteiger partial charge in [0.1, 0.15) is 37.1 Å². The molecule has 0 fully saturated rings. The molecule has 4 N–H and O–H groups in total. The lowest BCUT2D eigenvalue weighted by Gasteiger charge is -2.12. The van der Waals surface area contributed by atoms with Crippen LogP contribution in [-0.4, -0.2) is 46.1 Å². The van der Waals surface area contributed by atoms with E-state index in [0.717, 1.165) is 0 Å². The van der Waals surface area contributed by atoms with Crippen molar-refractivity contribution in [2.24, 2.45) is 11.5 Å². The first kappa shape index (κ1) is 16.6. The second-order valence-electron chi connectivity index (χ2n) is 3.96. The Bertz CT molecular complexity index is 348. The zero-order valence-corrected chi connectivity index (χ0v) is 12.0. The maximum absolute atomic E-state index is 5.60. The molecule has 1 rings (SSSR count). The van der Waals surface area contributed by atoms with Crippen molar-refractivity contribution in [3.63, 3.8) is 0 Å². The van der Waals surface area contributed by atoms with Gasteiger partial charge in [0.2, 0.25) is 0 Å². The van der Waals surface area contributed by atoms with Gasteiger partial charge in [0.25, 0.3) is 0 Å². The molecule has 0 heterocycles. The van der Waals surface area contributed by atoms with E-state index >= 15 is 0 Å². The van der Waals surface area contributed by atoms with Gasteiger partial charge in [-0.1, -0.05) is 0 Å². The molecule has 0 aliphatic heterocycles. The highest BCUT2D eigenvalue weighted by molar-refractivity contribution is 5.42. The average molecular weight is 284 g/mol. The number of benzene rings is 1. The quantitative estimate of drug-likeness (QED) is 0.584. The summed E-state index contributed by atoms with van der Waals surface area (Å²) in [6.07, 6.45) is 0. The summed E-state index contributed by atoms with van der Waals surface area (Å²) >= 11 is 0. The third-order valence-corrected chi connectivity index (χ3v) is 2.33. The van der Waals surface area contributed by atoms with Crippen LogP contribution in [0.4, 0.5) is 0 Å². The molecule has 1 aromatic rings. The second-order valence-corrected chi connectivity index (χ2v) is 3.96. The molecule has 0 atom stereocenters. The Morgan fingerprint density at radius 3 is 1.60 bits per heavy atom. The summed E-state index contributed by atoms with van der Waals surface area (Å²) in [5.74, 6) is 2.00. The van der Waals surface area contributed by atoms with E-state index in [0.29, 0.717) is 63.4 Å². The van der Waals surface area contributed by atoms with Gasteiger partial charge in [0.05, 0.1) is 6.61 Å². The first-order valence-corrected chi connectivity index (χ1v) is 6.81. The van der Waals surface area contributed by atoms with Crippen LogP contribution in [0.3, 0.4) is 0 Å². The van der Waals surface area contributed by atoms with Crippen LogP contribution in [0.5, 0.6) is 17.2 Å². The summed E-state index contributed by atoms with van der Waals surface area (Å²) < 4.78 is 21.8. The molecule has 0 aromatic heterocycles. The van der Waals surface area contributed by atoms with Crippen LogP contribution in [-0.2, 0) is 4.74 Å². The van der Waals surface area contributed by atoms with E-state index in [1.807, 2.05) is 6.92 Å². The minimum absolute atomic E-state index is 0.443. The Hall–Kier alpha value is -1.50. The Balaban J connectivity index is 2.64. The summed E-state index contributed by atoms with van der Waals surface area (Å²) in [6, 6.07) is 5.40. The number of nitrogens with two attached hydrogens (primary N) is 2. The van der Waals surface area contributed by atoms with Gasteiger partial charge < -0.3 is 30.4 Å². The molecule has 0 unspecified atom stereocenters. The summed E-state index contributed by atoms with van der Waals surface area (Å²) in [5.41, 5.74) is 10.9. The molecule has 0 bridgehead atoms. The van der Waals surface area contributed by atoms with E-state index in [1.165, 1.54) is 0 Å². The molecule has 0 radical (unpaired) electrons. The fraction of sp³-hybridized carbons (Fsp3) is 0.571. The van der Waals surface area contributed by atoms with Gasteiger partial charge >= 0.3 is 0 Å². The van der Waals surface area contributed by atoms with Crippen molar-refractivity contribution in [1.82, 2.24) is 0 Å². The molecule has 6 heteroatoms. The number of hydrogen-bond donors (Lipinski definition) is 2. The van der Waals surface area contributed by atoms with Gasteiger partial charge in [-0.2, -0.15) is 0 Å². The Labute approximate surface area is 119 Å². The van der Waals surface area contributed by atoms with E-state index in [2.05, 4.69) is 0 Å². The van der Waals surface area contributed by atoms with Gasteiger partial charge in [-0.3, -0.25) is 0 Å². The molecule has 0 saturated carbocycles. The van der Waals surface area contributed by atoms with Crippen molar-refractivity contribution < 1.29 is 18.9 Å². The highest BCUT2D eigenvalue weighted by Crippen LogP contribution is 2.27. The summed E-state index contributed by atoms with van der Waals surface area (Å²) in [5, 5.41) is 0. The second kappa shape index (κ2) is 10.3. The lowest BCUT2D eigenvalue weighted by molar-refractivity contribution is 0.110. The normalized spacial score (nSPS) is 10.3. The summed E-state index contributed by atoms with van der Waals surface area (Å²) in [4.78, 5) is 0. The van der Waals surface area contributed by atoms with Crippen molar-refractivity contribution in [2.45, 2.75) is 6.92 Å². The van der Waals surface area contributed by atoms with Crippen molar-refractivity contribution in [3.05, 3.63) is 18.2 Å². The Morgan fingerprint density at radius 1 is 0.750 bits per heavy atom. The van der Waals surface area contributed by atoms with E-state index < -0.39 is 0 Å². The Kier molecular flexibility index (Phi) is 8.53. The molecule has 0 saturated heterocycles. The van der Waals surface area contributed by atoms with E-state index in [1.54, 1.807) is 18.2 Å². The van der Waals surface area contributed by atoms with Crippen molar-refractivity contribution in [1.29, 1.82) is 0 Å². The molecule has 6 nitrogen and oxygen atoms in total. The molecule has 20 heavy (non-hydrogen) atoms. The highest BCUT2D eigenvalue weighted by Gasteiger charge is 2.04. The van der Waals surface area contributed by atoms with Crippen LogP contribution >= 0.6 is 0 Å². The van der Waals surface area contributed by atoms with Crippen LogP contribution in [0.2, 0.25) is 0 Å². The fourth-order valence-electron chi connectivity index (χ4n) is 1.51. The lowest BCUT2D eigenvalue weighted by atomic mass is 10.3. The molecule has 114 valence electrons. The molecular weight excluding hydrogens is 260 g/mol. The fourth-order valence-corrected chi connectivity index (χ4v) is 1.51. The van der Waals surface area contributed by atoms with E-state index in [-0.39, 0.29) is 0 Å². The van der Waals surface area contributed by atoms with Crippen molar-refractivity contribution >= 4 is 0 Å². The Morgan fingerprint density at radius 2 is 1.20 bits per heavy atom. The zero-order chi connectivity index (χ0) is 14.6. The van der Waals surface area contributed by atoms with Crippen LogP contribution < -0.4 is 25.7 Å². The minimum atomic E-state index is 0.443. The maximum atomic E-state index is 5.60. The number of hydrogen-bond acceptors (Lipinski definition) is 6. The summed E-state index contributed by atoms with van der Waals surface area (Å²) in [6.45, 7) is 5.43. The summed E-state index contributed by atoms with van der Waals surface area (Å²) in [7, 11) is 0. The van der Waals surface area contributed by atoms with Gasteiger partial charge in [0.15, 0.2) is 0 Å². The minimum Gasteiger partial charge on any atom is -0.492 e.